The minimum Gasteiger partial charge on any atom is -0.446 e. The van der Waals surface area contributed by atoms with Gasteiger partial charge in [-0.1, -0.05) is 73.7 Å². The van der Waals surface area contributed by atoms with Gasteiger partial charge in [-0.15, -0.1) is 0 Å². The molecule has 2 heterocycles. The molecule has 2 saturated heterocycles. The third-order valence-corrected chi connectivity index (χ3v) is 10.4. The van der Waals surface area contributed by atoms with Gasteiger partial charge in [0.05, 0.1) is 23.2 Å². The van der Waals surface area contributed by atoms with E-state index in [1.165, 1.54) is 29.2 Å². The maximum absolute atomic E-state index is 14.8. The second-order valence-corrected chi connectivity index (χ2v) is 14.2. The van der Waals surface area contributed by atoms with Gasteiger partial charge in [0, 0.05) is 5.69 Å². The van der Waals surface area contributed by atoms with Gasteiger partial charge in [-0.3, -0.25) is 4.79 Å². The van der Waals surface area contributed by atoms with Crippen molar-refractivity contribution in [3.63, 3.8) is 0 Å². The summed E-state index contributed by atoms with van der Waals surface area (Å²) in [6.45, 7) is 10.1. The highest BCUT2D eigenvalue weighted by Crippen LogP contribution is 2.39. The Labute approximate surface area is 293 Å². The Balaban J connectivity index is 1.38. The van der Waals surface area contributed by atoms with Crippen LogP contribution in [0.25, 0.3) is 0 Å². The van der Waals surface area contributed by atoms with Crippen molar-refractivity contribution in [2.45, 2.75) is 76.7 Å². The van der Waals surface area contributed by atoms with Gasteiger partial charge in [0.2, 0.25) is 5.91 Å². The molecule has 260 valence electrons. The smallest absolute Gasteiger partial charge is 0.446 e. The molecule has 10 heteroatoms. The molecule has 6 rings (SSSR count). The van der Waals surface area contributed by atoms with Crippen LogP contribution in [0.4, 0.5) is 19.3 Å². The largest absolute Gasteiger partial charge is 0.494 e. The fourth-order valence-electron chi connectivity index (χ4n) is 6.57. The van der Waals surface area contributed by atoms with Crippen molar-refractivity contribution in [1.82, 2.24) is 4.90 Å². The Kier molecular flexibility index (Phi) is 10.1. The van der Waals surface area contributed by atoms with E-state index in [-0.39, 0.29) is 30.1 Å². The number of nitrogens with zero attached hydrogens (tertiary/aromatic N) is 1. The fraction of sp³-hybridized carbons (Fsp3) is 0.350. The van der Waals surface area contributed by atoms with Crippen molar-refractivity contribution in [1.29, 1.82) is 0 Å². The van der Waals surface area contributed by atoms with E-state index < -0.39 is 42.4 Å². The van der Waals surface area contributed by atoms with Crippen molar-refractivity contribution in [3.8, 4) is 0 Å². The fourth-order valence-corrected chi connectivity index (χ4v) is 6.57. The number of cyclic esters (lactones) is 1. The molecule has 7 nitrogen and oxygen atoms in total. The number of benzene rings is 4. The predicted octanol–water partition coefficient (Wildman–Crippen LogP) is 8.34. The molecule has 4 aromatic carbocycles. The third-order valence-electron chi connectivity index (χ3n) is 10.4. The van der Waals surface area contributed by atoms with E-state index in [4.69, 9.17) is 14.0 Å². The zero-order chi connectivity index (χ0) is 35.6. The number of rotatable bonds is 11. The molecule has 4 atom stereocenters. The molecule has 2 aliphatic heterocycles. The monoisotopic (exact) mass is 680 g/mol. The highest BCUT2D eigenvalue weighted by atomic mass is 19.1. The second kappa shape index (κ2) is 14.4. The molecule has 0 radical (unpaired) electrons. The average molecular weight is 681 g/mol. The van der Waals surface area contributed by atoms with Crippen molar-refractivity contribution < 1.29 is 32.4 Å². The molecule has 0 spiro atoms. The van der Waals surface area contributed by atoms with Gasteiger partial charge >= 0.3 is 13.2 Å². The van der Waals surface area contributed by atoms with Crippen LogP contribution in [0.1, 0.15) is 82.2 Å². The van der Waals surface area contributed by atoms with Gasteiger partial charge in [-0.25, -0.2) is 18.5 Å². The zero-order valence-electron chi connectivity index (χ0n) is 29.1. The molecule has 0 saturated carbocycles. The van der Waals surface area contributed by atoms with Gasteiger partial charge in [0.15, 0.2) is 0 Å². The van der Waals surface area contributed by atoms with Gasteiger partial charge in [-0.2, -0.15) is 0 Å². The minimum absolute atomic E-state index is 0.0152. The molecule has 1 N–H and O–H groups in total. The molecule has 0 bridgehead atoms. The zero-order valence-corrected chi connectivity index (χ0v) is 29.1. The van der Waals surface area contributed by atoms with Crippen LogP contribution in [0, 0.1) is 17.6 Å². The van der Waals surface area contributed by atoms with E-state index in [0.717, 1.165) is 22.2 Å². The highest BCUT2D eigenvalue weighted by Gasteiger charge is 2.52. The quantitative estimate of drug-likeness (QED) is 0.161. The van der Waals surface area contributed by atoms with Crippen LogP contribution >= 0.6 is 0 Å². The molecular formula is C40H43BF2N2O5. The van der Waals surface area contributed by atoms with E-state index in [0.29, 0.717) is 18.5 Å². The van der Waals surface area contributed by atoms with E-state index in [2.05, 4.69) is 5.32 Å². The molecule has 4 unspecified atom stereocenters. The average Bonchev–Trinajstić information content (AvgIpc) is 3.59. The lowest BCUT2D eigenvalue weighted by atomic mass is 9.77. The molecule has 2 amide bonds. The molecule has 2 fully saturated rings. The maximum Gasteiger partial charge on any atom is 0.494 e. The number of halogens is 2. The summed E-state index contributed by atoms with van der Waals surface area (Å²) >= 11 is 0. The Morgan fingerprint density at radius 2 is 1.38 bits per heavy atom. The first kappa shape index (κ1) is 35.3. The molecule has 0 aromatic heterocycles. The third kappa shape index (κ3) is 7.47. The number of nitrogens with one attached hydrogen (secondary N) is 1. The number of anilines is 1. The lowest BCUT2D eigenvalue weighted by Gasteiger charge is -2.33. The van der Waals surface area contributed by atoms with Crippen LogP contribution in [-0.2, 0) is 18.8 Å². The Morgan fingerprint density at radius 1 is 0.820 bits per heavy atom. The predicted molar refractivity (Wildman–Crippen MR) is 190 cm³/mol. The Hall–Kier alpha value is -4.54. The van der Waals surface area contributed by atoms with Crippen LogP contribution < -0.4 is 10.8 Å². The van der Waals surface area contributed by atoms with Crippen molar-refractivity contribution in [2.24, 2.45) is 5.92 Å². The summed E-state index contributed by atoms with van der Waals surface area (Å²) < 4.78 is 45.8. The number of amides is 2. The summed E-state index contributed by atoms with van der Waals surface area (Å²) in [4.78, 5) is 29.4. The number of imide groups is 1. The van der Waals surface area contributed by atoms with Gasteiger partial charge in [-0.05, 0) is 105 Å². The first-order valence-corrected chi connectivity index (χ1v) is 17.1. The second-order valence-electron chi connectivity index (χ2n) is 14.2. The standard InChI is InChI=1S/C40H43BF2N2O5/c1-26(27-14-18-31(42)19-15-27)11-24-34(37(46)45-35(25-48-38(45)47)28-9-7-6-8-10-28)36(44-33-22-20-32(43)21-23-33)29-12-16-30(17-13-29)41-49-39(2,3)40(4,5)50-41/h6-10,12-23,26,34-36,44H,11,24-25H2,1-5H3. The SMILES string of the molecule is CC(CCC(C(=O)N1C(=O)OCC1c1ccccc1)C(Nc1ccc(F)cc1)c1ccc(B2OC(C)(C)C(C)(C)O2)cc1)c1ccc(F)cc1. The molecule has 0 aliphatic carbocycles. The summed E-state index contributed by atoms with van der Waals surface area (Å²) in [5.74, 6) is -1.87. The van der Waals surface area contributed by atoms with Crippen LogP contribution in [0.5, 0.6) is 0 Å². The van der Waals surface area contributed by atoms with Crippen molar-refractivity contribution >= 4 is 30.3 Å². The van der Waals surface area contributed by atoms with Gasteiger partial charge in [0.1, 0.15) is 24.3 Å². The number of hydrogen-bond acceptors (Lipinski definition) is 6. The summed E-state index contributed by atoms with van der Waals surface area (Å²) in [7, 11) is -0.572. The van der Waals surface area contributed by atoms with Crippen LogP contribution in [0.15, 0.2) is 103 Å². The lowest BCUT2D eigenvalue weighted by molar-refractivity contribution is -0.134. The van der Waals surface area contributed by atoms with Crippen LogP contribution in [0.3, 0.4) is 0 Å². The van der Waals surface area contributed by atoms with Crippen LogP contribution in [-0.4, -0.2) is 41.8 Å². The summed E-state index contributed by atoms with van der Waals surface area (Å²) in [6, 6.07) is 28.2. The number of hydrogen-bond donors (Lipinski definition) is 1. The molecular weight excluding hydrogens is 637 g/mol. The molecule has 50 heavy (non-hydrogen) atoms. The number of carbonyl (C=O) groups is 2. The molecule has 4 aromatic rings. The normalized spacial score (nSPS) is 19.9. The summed E-state index contributed by atoms with van der Waals surface area (Å²) in [5, 5.41) is 3.50. The van der Waals surface area contributed by atoms with Gasteiger partial charge < -0.3 is 19.4 Å². The Morgan fingerprint density at radius 3 is 1.98 bits per heavy atom. The maximum atomic E-state index is 14.8. The van der Waals surface area contributed by atoms with Crippen LogP contribution in [0.2, 0.25) is 0 Å². The van der Waals surface area contributed by atoms with Gasteiger partial charge in [0.25, 0.3) is 0 Å². The topological polar surface area (TPSA) is 77.1 Å². The van der Waals surface area contributed by atoms with Crippen molar-refractivity contribution in [2.75, 3.05) is 11.9 Å². The van der Waals surface area contributed by atoms with E-state index in [1.807, 2.05) is 89.2 Å². The number of ether oxygens (including phenoxy) is 1. The summed E-state index contributed by atoms with van der Waals surface area (Å²) in [6.07, 6.45) is 0.242. The lowest BCUT2D eigenvalue weighted by Crippen LogP contribution is -2.42. The minimum atomic E-state index is -0.762. The first-order valence-electron chi connectivity index (χ1n) is 17.1. The van der Waals surface area contributed by atoms with E-state index in [1.54, 1.807) is 24.3 Å². The van der Waals surface area contributed by atoms with E-state index >= 15 is 0 Å². The van der Waals surface area contributed by atoms with Crippen molar-refractivity contribution in [3.05, 3.63) is 131 Å². The summed E-state index contributed by atoms with van der Waals surface area (Å²) in [5.41, 5.74) is 2.93. The first-order chi connectivity index (χ1) is 23.8. The molecule has 2 aliphatic rings. The van der Waals surface area contributed by atoms with E-state index in [9.17, 15) is 18.4 Å². The Bertz CT molecular complexity index is 1770. The highest BCUT2D eigenvalue weighted by molar-refractivity contribution is 6.62. The number of carbonyl (C=O) groups excluding carboxylic acids is 2.